The molecular formula is C10H8F6O7. The minimum Gasteiger partial charge on any atom is -0.479 e. The van der Waals surface area contributed by atoms with Gasteiger partial charge in [-0.3, -0.25) is 0 Å². The van der Waals surface area contributed by atoms with E-state index in [0.717, 1.165) is 0 Å². The predicted molar refractivity (Wildman–Crippen MR) is 55.7 cm³/mol. The van der Waals surface area contributed by atoms with Crippen LogP contribution < -0.4 is 0 Å². The highest BCUT2D eigenvalue weighted by Gasteiger charge is 2.44. The molecule has 7 nitrogen and oxygen atoms in total. The summed E-state index contributed by atoms with van der Waals surface area (Å²) < 4.78 is 80.3. The van der Waals surface area contributed by atoms with Crippen molar-refractivity contribution in [3.63, 3.8) is 0 Å². The van der Waals surface area contributed by atoms with Gasteiger partial charge in [-0.1, -0.05) is 0 Å². The van der Waals surface area contributed by atoms with Gasteiger partial charge in [-0.25, -0.2) is 45.5 Å². The van der Waals surface area contributed by atoms with Gasteiger partial charge in [0.25, 0.3) is 0 Å². The van der Waals surface area contributed by atoms with Crippen molar-refractivity contribution in [3.05, 3.63) is 0 Å². The van der Waals surface area contributed by atoms with Crippen LogP contribution in [-0.2, 0) is 23.9 Å². The molecule has 0 saturated carbocycles. The maximum atomic E-state index is 13.0. The molecule has 0 aliphatic rings. The van der Waals surface area contributed by atoms with Gasteiger partial charge < -0.3 is 14.9 Å². The smallest absolute Gasteiger partial charge is 0.351 e. The van der Waals surface area contributed by atoms with Crippen LogP contribution in [0.25, 0.3) is 0 Å². The van der Waals surface area contributed by atoms with Crippen molar-refractivity contribution in [1.82, 2.24) is 0 Å². The first-order valence-electron chi connectivity index (χ1n) is 5.47. The topological polar surface area (TPSA) is 118 Å². The second-order valence-electron chi connectivity index (χ2n) is 3.91. The van der Waals surface area contributed by atoms with Gasteiger partial charge in [0.05, 0.1) is 0 Å². The molecular weight excluding hydrogens is 346 g/mol. The summed E-state index contributed by atoms with van der Waals surface area (Å²) in [5.41, 5.74) is 0. The van der Waals surface area contributed by atoms with Crippen molar-refractivity contribution in [3.8, 4) is 0 Å². The van der Waals surface area contributed by atoms with Crippen molar-refractivity contribution in [2.45, 2.75) is 37.0 Å². The van der Waals surface area contributed by atoms with Crippen molar-refractivity contribution in [2.24, 2.45) is 0 Å². The number of alkyl halides is 6. The molecule has 0 aliphatic heterocycles. The largest absolute Gasteiger partial charge is 0.479 e. The summed E-state index contributed by atoms with van der Waals surface area (Å²) in [6, 6.07) is 0. The summed E-state index contributed by atoms with van der Waals surface area (Å²) >= 11 is 0. The van der Waals surface area contributed by atoms with E-state index in [1.165, 1.54) is 0 Å². The number of ether oxygens (including phenoxy) is 1. The Kier molecular flexibility index (Phi) is 7.49. The first-order valence-corrected chi connectivity index (χ1v) is 5.47. The van der Waals surface area contributed by atoms with Crippen LogP contribution in [-0.4, -0.2) is 71.1 Å². The molecule has 0 radical (unpaired) electrons. The number of carboxylic acids is 2. The molecule has 13 heteroatoms. The third-order valence-electron chi connectivity index (χ3n) is 2.24. The summed E-state index contributed by atoms with van der Waals surface area (Å²) in [6.07, 6.45) is -21.7. The number of esters is 2. The quantitative estimate of drug-likeness (QED) is 0.364. The Morgan fingerprint density at radius 3 is 1.09 bits per heavy atom. The van der Waals surface area contributed by atoms with Crippen LogP contribution in [0.3, 0.4) is 0 Å². The lowest BCUT2D eigenvalue weighted by molar-refractivity contribution is -0.172. The van der Waals surface area contributed by atoms with Gasteiger partial charge in [0, 0.05) is 0 Å². The molecule has 6 unspecified atom stereocenters. The highest BCUT2D eigenvalue weighted by molar-refractivity contribution is 5.91. The third-order valence-corrected chi connectivity index (χ3v) is 2.24. The molecule has 23 heavy (non-hydrogen) atoms. The van der Waals surface area contributed by atoms with Crippen molar-refractivity contribution in [1.29, 1.82) is 0 Å². The van der Waals surface area contributed by atoms with Crippen LogP contribution in [0.5, 0.6) is 0 Å². The molecule has 0 fully saturated rings. The Morgan fingerprint density at radius 1 is 0.609 bits per heavy atom. The number of carbonyl (C=O) groups is 4. The Morgan fingerprint density at radius 2 is 0.870 bits per heavy atom. The van der Waals surface area contributed by atoms with Crippen molar-refractivity contribution in [2.75, 3.05) is 0 Å². The average molecular weight is 354 g/mol. The fraction of sp³-hybridized carbons (Fsp3) is 0.600. The lowest BCUT2D eigenvalue weighted by Crippen LogP contribution is -2.43. The van der Waals surface area contributed by atoms with Crippen LogP contribution >= 0.6 is 0 Å². The van der Waals surface area contributed by atoms with E-state index in [0.29, 0.717) is 0 Å². The second-order valence-corrected chi connectivity index (χ2v) is 3.91. The Labute approximate surface area is 122 Å². The van der Waals surface area contributed by atoms with E-state index in [9.17, 15) is 45.5 Å². The van der Waals surface area contributed by atoms with Crippen molar-refractivity contribution < 1.29 is 60.5 Å². The number of rotatable bonds is 8. The minimum absolute atomic E-state index is 2.49. The predicted octanol–water partition coefficient (Wildman–Crippen LogP) is 0.254. The van der Waals surface area contributed by atoms with Gasteiger partial charge >= 0.3 is 23.9 Å². The van der Waals surface area contributed by atoms with E-state index in [4.69, 9.17) is 10.2 Å². The molecule has 132 valence electrons. The van der Waals surface area contributed by atoms with Gasteiger partial charge in [0.2, 0.25) is 24.7 Å². The van der Waals surface area contributed by atoms with E-state index in [1.54, 1.807) is 0 Å². The Balaban J connectivity index is 4.80. The molecule has 0 amide bonds. The molecule has 0 saturated heterocycles. The van der Waals surface area contributed by atoms with Crippen LogP contribution in [0.1, 0.15) is 0 Å². The van der Waals surface area contributed by atoms with E-state index in [2.05, 4.69) is 4.74 Å². The molecule has 0 rings (SSSR count). The summed E-state index contributed by atoms with van der Waals surface area (Å²) in [5, 5.41) is 16.1. The van der Waals surface area contributed by atoms with Crippen LogP contribution in [0.2, 0.25) is 0 Å². The summed E-state index contributed by atoms with van der Waals surface area (Å²) in [4.78, 5) is 41.7. The van der Waals surface area contributed by atoms with Gasteiger partial charge in [0.15, 0.2) is 12.3 Å². The monoisotopic (exact) mass is 354 g/mol. The Bertz CT molecular complexity index is 444. The van der Waals surface area contributed by atoms with Gasteiger partial charge in [0.1, 0.15) is 0 Å². The number of halogens is 6. The van der Waals surface area contributed by atoms with Gasteiger partial charge in [-0.15, -0.1) is 0 Å². The SMILES string of the molecule is O=C(O)C(F)C(F)C(F)C(=O)OC(=O)C(F)C(F)C(F)C(=O)O. The summed E-state index contributed by atoms with van der Waals surface area (Å²) in [5.74, 6) is -10.2. The van der Waals surface area contributed by atoms with E-state index < -0.39 is 60.9 Å². The maximum absolute atomic E-state index is 13.0. The number of carboxylic acid groups (broad SMARTS) is 2. The lowest BCUT2D eigenvalue weighted by atomic mass is 10.1. The number of aliphatic carboxylic acids is 2. The van der Waals surface area contributed by atoms with Crippen LogP contribution in [0.15, 0.2) is 0 Å². The highest BCUT2D eigenvalue weighted by atomic mass is 19.2. The zero-order valence-electron chi connectivity index (χ0n) is 10.7. The minimum atomic E-state index is -3.68. The number of hydrogen-bond donors (Lipinski definition) is 2. The van der Waals surface area contributed by atoms with E-state index in [1.807, 2.05) is 0 Å². The third kappa shape index (κ3) is 5.41. The number of carbonyl (C=O) groups excluding carboxylic acids is 2. The first kappa shape index (κ1) is 20.7. The fourth-order valence-electron chi connectivity index (χ4n) is 1.04. The average Bonchev–Trinajstić information content (AvgIpc) is 2.49. The molecule has 0 aliphatic carbocycles. The molecule has 2 N–H and O–H groups in total. The lowest BCUT2D eigenvalue weighted by Gasteiger charge is -2.16. The van der Waals surface area contributed by atoms with E-state index in [-0.39, 0.29) is 0 Å². The molecule has 0 aromatic carbocycles. The summed E-state index contributed by atoms with van der Waals surface area (Å²) in [6.45, 7) is 0. The zero-order chi connectivity index (χ0) is 18.5. The summed E-state index contributed by atoms with van der Waals surface area (Å²) in [7, 11) is 0. The number of hydrogen-bond acceptors (Lipinski definition) is 5. The van der Waals surface area contributed by atoms with Gasteiger partial charge in [-0.2, -0.15) is 0 Å². The first-order chi connectivity index (χ1) is 10.4. The maximum Gasteiger partial charge on any atom is 0.351 e. The van der Waals surface area contributed by atoms with E-state index >= 15 is 0 Å². The second kappa shape index (κ2) is 8.33. The molecule has 6 atom stereocenters. The van der Waals surface area contributed by atoms with Gasteiger partial charge in [-0.05, 0) is 0 Å². The fourth-order valence-corrected chi connectivity index (χ4v) is 1.04. The molecule has 0 aromatic heterocycles. The van der Waals surface area contributed by atoms with Crippen LogP contribution in [0.4, 0.5) is 26.3 Å². The normalized spacial score (nSPS) is 18.9. The molecule has 0 spiro atoms. The Hall–Kier alpha value is -2.34. The van der Waals surface area contributed by atoms with Crippen LogP contribution in [0, 0.1) is 0 Å². The highest BCUT2D eigenvalue weighted by Crippen LogP contribution is 2.17. The standard InChI is InChI=1S/C10H8F6O7/c11-1(3(13)7(17)18)5(15)9(21)23-10(22)6(16)2(12)4(14)8(19)20/h1-6H,(H,17,18)(H,19,20). The molecule has 0 aromatic rings. The van der Waals surface area contributed by atoms with Crippen molar-refractivity contribution >= 4 is 23.9 Å². The molecule has 0 bridgehead atoms. The zero-order valence-corrected chi connectivity index (χ0v) is 10.7. The molecule has 0 heterocycles.